The number of nitrogens with two attached hydrogens (primary N) is 1. The van der Waals surface area contributed by atoms with Gasteiger partial charge in [0.2, 0.25) is 0 Å². The molecule has 1 aromatic heterocycles. The number of amides is 2. The van der Waals surface area contributed by atoms with Crippen LogP contribution in [0.3, 0.4) is 0 Å². The van der Waals surface area contributed by atoms with E-state index < -0.39 is 47.9 Å². The van der Waals surface area contributed by atoms with E-state index in [0.717, 1.165) is 11.6 Å². The summed E-state index contributed by atoms with van der Waals surface area (Å²) in [4.78, 5) is 24.2. The molecule has 1 aliphatic rings. The molecule has 1 fully saturated rings. The first-order valence-electron chi connectivity index (χ1n) is 9.81. The molecule has 4 N–H and O–H groups in total. The molecule has 1 saturated heterocycles. The van der Waals surface area contributed by atoms with Crippen molar-refractivity contribution in [2.45, 2.75) is 31.6 Å². The Hall–Kier alpha value is -3.82. The van der Waals surface area contributed by atoms with Crippen LogP contribution >= 0.6 is 0 Å². The number of carboxylic acid groups (broad SMARTS) is 1. The summed E-state index contributed by atoms with van der Waals surface area (Å²) in [6.07, 6.45) is -5.12. The number of likely N-dealkylation sites (tertiary alicyclic amines) is 1. The van der Waals surface area contributed by atoms with Crippen molar-refractivity contribution < 1.29 is 32.3 Å². The van der Waals surface area contributed by atoms with Gasteiger partial charge in [0.1, 0.15) is 11.4 Å². The number of nitriles is 1. The maximum Gasteiger partial charge on any atom is 0.407 e. The molecule has 0 spiro atoms. The van der Waals surface area contributed by atoms with Gasteiger partial charge >= 0.3 is 12.3 Å². The van der Waals surface area contributed by atoms with E-state index in [1.165, 1.54) is 30.5 Å². The Morgan fingerprint density at radius 1 is 1.33 bits per heavy atom. The Morgan fingerprint density at radius 3 is 2.48 bits per heavy atom. The molecular weight excluding hydrogens is 448 g/mol. The van der Waals surface area contributed by atoms with E-state index >= 15 is 0 Å². The number of halogens is 4. The van der Waals surface area contributed by atoms with Crippen molar-refractivity contribution in [2.75, 3.05) is 11.9 Å². The van der Waals surface area contributed by atoms with Crippen LogP contribution in [0.5, 0.6) is 0 Å². The third-order valence-corrected chi connectivity index (χ3v) is 5.68. The van der Waals surface area contributed by atoms with Gasteiger partial charge in [-0.25, -0.2) is 9.18 Å². The van der Waals surface area contributed by atoms with E-state index in [2.05, 4.69) is 10.4 Å². The number of primary amides is 1. The molecule has 9 nitrogen and oxygen atoms in total. The first kappa shape index (κ1) is 23.8. The third kappa shape index (κ3) is 4.84. The number of aromatic nitrogens is 2. The molecule has 0 saturated carbocycles. The summed E-state index contributed by atoms with van der Waals surface area (Å²) in [5.41, 5.74) is 5.67. The van der Waals surface area contributed by atoms with Crippen molar-refractivity contribution in [1.29, 1.82) is 5.26 Å². The second-order valence-corrected chi connectivity index (χ2v) is 7.68. The maximum absolute atomic E-state index is 13.5. The van der Waals surface area contributed by atoms with Crippen LogP contribution in [0.2, 0.25) is 0 Å². The van der Waals surface area contributed by atoms with E-state index in [-0.39, 0.29) is 24.3 Å². The lowest BCUT2D eigenvalue weighted by Crippen LogP contribution is -2.56. The Balaban J connectivity index is 2.00. The molecule has 4 atom stereocenters. The number of hydrogen-bond donors (Lipinski definition) is 3. The summed E-state index contributed by atoms with van der Waals surface area (Å²) in [6.45, 7) is 0.558. The smallest absolute Gasteiger partial charge is 0.407 e. The van der Waals surface area contributed by atoms with Gasteiger partial charge in [0, 0.05) is 18.4 Å². The maximum atomic E-state index is 13.5. The Morgan fingerprint density at radius 2 is 1.97 bits per heavy atom. The first-order valence-corrected chi connectivity index (χ1v) is 9.81. The van der Waals surface area contributed by atoms with Crippen LogP contribution in [-0.2, 0) is 0 Å². The SMILES string of the molecule is CC(C1[C@@H](C#N)[C@H](n2cc(C(N)=O)c(Nc3ccc(F)cc3)n2)CCN1C(=O)O)C(F)(F)F. The second-order valence-electron chi connectivity index (χ2n) is 7.68. The van der Waals surface area contributed by atoms with Gasteiger partial charge in [0.25, 0.3) is 5.91 Å². The fraction of sp³-hybridized carbons (Fsp3) is 0.400. The van der Waals surface area contributed by atoms with Crippen molar-refractivity contribution in [3.05, 3.63) is 41.8 Å². The van der Waals surface area contributed by atoms with E-state index in [1.54, 1.807) is 0 Å². The highest BCUT2D eigenvalue weighted by atomic mass is 19.4. The second kappa shape index (κ2) is 8.97. The molecule has 2 amide bonds. The highest BCUT2D eigenvalue weighted by molar-refractivity contribution is 5.98. The number of anilines is 2. The van der Waals surface area contributed by atoms with Gasteiger partial charge in [-0.1, -0.05) is 6.92 Å². The normalized spacial score (nSPS) is 21.8. The number of nitrogens with zero attached hydrogens (tertiary/aromatic N) is 4. The van der Waals surface area contributed by atoms with E-state index in [4.69, 9.17) is 5.73 Å². The monoisotopic (exact) mass is 468 g/mol. The summed E-state index contributed by atoms with van der Waals surface area (Å²) in [5, 5.41) is 26.2. The summed E-state index contributed by atoms with van der Waals surface area (Å²) >= 11 is 0. The summed E-state index contributed by atoms with van der Waals surface area (Å²) < 4.78 is 54.8. The molecular formula is C20H20F4N6O3. The minimum absolute atomic E-state index is 0.0124. The highest BCUT2D eigenvalue weighted by Crippen LogP contribution is 2.42. The van der Waals surface area contributed by atoms with E-state index in [9.17, 15) is 37.5 Å². The van der Waals surface area contributed by atoms with Crippen LogP contribution in [0.4, 0.5) is 33.9 Å². The molecule has 13 heteroatoms. The Labute approximate surface area is 185 Å². The zero-order chi connectivity index (χ0) is 24.5. The van der Waals surface area contributed by atoms with Gasteiger partial charge in [-0.15, -0.1) is 0 Å². The molecule has 2 unspecified atom stereocenters. The number of carbonyl (C=O) groups excluding carboxylic acids is 1. The fourth-order valence-corrected chi connectivity index (χ4v) is 3.98. The van der Waals surface area contributed by atoms with Crippen LogP contribution < -0.4 is 11.1 Å². The molecule has 0 aliphatic carbocycles. The van der Waals surface area contributed by atoms with Crippen molar-refractivity contribution in [2.24, 2.45) is 17.6 Å². The van der Waals surface area contributed by atoms with Crippen LogP contribution in [0.15, 0.2) is 30.5 Å². The molecule has 1 aromatic carbocycles. The summed E-state index contributed by atoms with van der Waals surface area (Å²) in [7, 11) is 0. The number of hydrogen-bond acceptors (Lipinski definition) is 5. The molecule has 176 valence electrons. The topological polar surface area (TPSA) is 137 Å². The summed E-state index contributed by atoms with van der Waals surface area (Å²) in [6, 6.07) is 4.26. The van der Waals surface area contributed by atoms with Crippen molar-refractivity contribution in [1.82, 2.24) is 14.7 Å². The summed E-state index contributed by atoms with van der Waals surface area (Å²) in [5.74, 6) is -4.95. The van der Waals surface area contributed by atoms with E-state index in [1.807, 2.05) is 6.07 Å². The number of piperidine rings is 1. The van der Waals surface area contributed by atoms with Crippen LogP contribution in [0.25, 0.3) is 0 Å². The number of rotatable bonds is 5. The number of benzene rings is 1. The lowest BCUT2D eigenvalue weighted by Gasteiger charge is -2.44. The van der Waals surface area contributed by atoms with Gasteiger partial charge in [-0.2, -0.15) is 23.5 Å². The molecule has 1 aliphatic heterocycles. The molecule has 3 rings (SSSR count). The molecule has 2 aromatic rings. The van der Waals surface area contributed by atoms with Gasteiger partial charge < -0.3 is 21.1 Å². The average Bonchev–Trinajstić information content (AvgIpc) is 3.16. The van der Waals surface area contributed by atoms with Crippen molar-refractivity contribution in [3.8, 4) is 6.07 Å². The standard InChI is InChI=1S/C20H20F4N6O3/c1-10(20(22,23)24)16-13(8-25)15(6-7-29(16)19(32)33)30-9-14(17(26)31)18(28-30)27-12-4-2-11(21)3-5-12/h2-5,9-10,13,15-16H,6-7H2,1H3,(H2,26,31)(H,27,28)(H,32,33)/t10?,13-,15+,16?/m0/s1. The van der Waals surface area contributed by atoms with E-state index in [0.29, 0.717) is 10.6 Å². The Kier molecular flexibility index (Phi) is 6.48. The lowest BCUT2D eigenvalue weighted by molar-refractivity contribution is -0.192. The Bertz CT molecular complexity index is 1080. The first-order chi connectivity index (χ1) is 15.4. The minimum atomic E-state index is -4.74. The zero-order valence-corrected chi connectivity index (χ0v) is 17.3. The average molecular weight is 468 g/mol. The minimum Gasteiger partial charge on any atom is -0.465 e. The van der Waals surface area contributed by atoms with Gasteiger partial charge in [-0.3, -0.25) is 9.48 Å². The van der Waals surface area contributed by atoms with Crippen LogP contribution in [0.1, 0.15) is 29.7 Å². The third-order valence-electron chi connectivity index (χ3n) is 5.68. The zero-order valence-electron chi connectivity index (χ0n) is 17.3. The number of carbonyl (C=O) groups is 2. The fourth-order valence-electron chi connectivity index (χ4n) is 3.98. The largest absolute Gasteiger partial charge is 0.465 e. The predicted octanol–water partition coefficient (Wildman–Crippen LogP) is 3.50. The highest BCUT2D eigenvalue weighted by Gasteiger charge is 2.52. The molecule has 33 heavy (non-hydrogen) atoms. The van der Waals surface area contributed by atoms with Gasteiger partial charge in [-0.05, 0) is 30.7 Å². The molecule has 0 radical (unpaired) electrons. The quantitative estimate of drug-likeness (QED) is 0.575. The molecule has 0 bridgehead atoms. The number of nitrogens with one attached hydrogen (secondary N) is 1. The van der Waals surface area contributed by atoms with Gasteiger partial charge in [0.15, 0.2) is 5.82 Å². The van der Waals surface area contributed by atoms with Crippen LogP contribution in [-0.4, -0.2) is 50.6 Å². The lowest BCUT2D eigenvalue weighted by atomic mass is 9.79. The van der Waals surface area contributed by atoms with Crippen LogP contribution in [0, 0.1) is 29.0 Å². The number of alkyl halides is 3. The van der Waals surface area contributed by atoms with Gasteiger partial charge in [0.05, 0.1) is 30.0 Å². The predicted molar refractivity (Wildman–Crippen MR) is 107 cm³/mol. The van der Waals surface area contributed by atoms with Crippen molar-refractivity contribution in [3.63, 3.8) is 0 Å². The molecule has 2 heterocycles. The van der Waals surface area contributed by atoms with Crippen molar-refractivity contribution >= 4 is 23.5 Å².